The number of carboxylic acid groups (broad SMARTS) is 1. The topological polar surface area (TPSA) is 77.0 Å². The minimum atomic E-state index is -0.823. The van der Waals surface area contributed by atoms with Crippen LogP contribution in [0.25, 0.3) is 0 Å². The van der Waals surface area contributed by atoms with Crippen molar-refractivity contribution in [1.29, 1.82) is 0 Å². The van der Waals surface area contributed by atoms with E-state index in [0.29, 0.717) is 41.9 Å². The van der Waals surface area contributed by atoms with E-state index >= 15 is 0 Å². The molecule has 27 heavy (non-hydrogen) atoms. The molecule has 0 amide bonds. The second-order valence-corrected chi connectivity index (χ2v) is 6.70. The Morgan fingerprint density at radius 2 is 1.52 bits per heavy atom. The lowest BCUT2D eigenvalue weighted by molar-refractivity contribution is -0.140. The Morgan fingerprint density at radius 1 is 0.963 bits per heavy atom. The maximum atomic E-state index is 11.3. The zero-order chi connectivity index (χ0) is 19.8. The Balaban J connectivity index is 2.00. The highest BCUT2D eigenvalue weighted by atomic mass is 16.5. The molecule has 0 fully saturated rings. The first-order chi connectivity index (χ1) is 12.9. The molecule has 0 aliphatic rings. The van der Waals surface area contributed by atoms with E-state index in [9.17, 15) is 9.90 Å². The SMILES string of the molecule is COc1cc(OC)cc(Oc2ccc(CN[C@@H](CC(C)C)C(=O)O)cc2)c1. The van der Waals surface area contributed by atoms with E-state index in [2.05, 4.69) is 5.32 Å². The van der Waals surface area contributed by atoms with Gasteiger partial charge in [0, 0.05) is 24.7 Å². The molecule has 0 saturated heterocycles. The van der Waals surface area contributed by atoms with Gasteiger partial charge in [-0.25, -0.2) is 0 Å². The van der Waals surface area contributed by atoms with Gasteiger partial charge in [-0.1, -0.05) is 26.0 Å². The van der Waals surface area contributed by atoms with E-state index in [0.717, 1.165) is 5.56 Å². The van der Waals surface area contributed by atoms with E-state index in [1.165, 1.54) is 0 Å². The molecule has 0 aliphatic heterocycles. The average molecular weight is 373 g/mol. The van der Waals surface area contributed by atoms with Gasteiger partial charge in [-0.05, 0) is 30.0 Å². The van der Waals surface area contributed by atoms with Gasteiger partial charge < -0.3 is 24.6 Å². The van der Waals surface area contributed by atoms with Crippen molar-refractivity contribution in [2.75, 3.05) is 14.2 Å². The number of ether oxygens (including phenoxy) is 3. The Kier molecular flexibility index (Phi) is 7.49. The summed E-state index contributed by atoms with van der Waals surface area (Å²) in [6.07, 6.45) is 0.591. The third-order valence-corrected chi connectivity index (χ3v) is 4.04. The highest BCUT2D eigenvalue weighted by Gasteiger charge is 2.17. The molecule has 0 saturated carbocycles. The van der Waals surface area contributed by atoms with Crippen LogP contribution in [0.5, 0.6) is 23.0 Å². The minimum Gasteiger partial charge on any atom is -0.496 e. The molecule has 0 bridgehead atoms. The number of hydrogen-bond donors (Lipinski definition) is 2. The van der Waals surface area contributed by atoms with Crippen LogP contribution in [0, 0.1) is 5.92 Å². The van der Waals surface area contributed by atoms with Gasteiger partial charge in [-0.15, -0.1) is 0 Å². The van der Waals surface area contributed by atoms with Gasteiger partial charge in [-0.2, -0.15) is 0 Å². The highest BCUT2D eigenvalue weighted by molar-refractivity contribution is 5.73. The lowest BCUT2D eigenvalue weighted by Gasteiger charge is -2.16. The van der Waals surface area contributed by atoms with Crippen molar-refractivity contribution in [1.82, 2.24) is 5.32 Å². The molecule has 1 atom stereocenters. The first kappa shape index (κ1) is 20.6. The Bertz CT molecular complexity index is 720. The summed E-state index contributed by atoms with van der Waals surface area (Å²) >= 11 is 0. The third kappa shape index (κ3) is 6.49. The largest absolute Gasteiger partial charge is 0.496 e. The van der Waals surface area contributed by atoms with Gasteiger partial charge in [-0.3, -0.25) is 4.79 Å². The number of aliphatic carboxylic acids is 1. The minimum absolute atomic E-state index is 0.314. The molecule has 2 N–H and O–H groups in total. The van der Waals surface area contributed by atoms with Crippen molar-refractivity contribution in [3.05, 3.63) is 48.0 Å². The zero-order valence-electron chi connectivity index (χ0n) is 16.2. The van der Waals surface area contributed by atoms with Crippen molar-refractivity contribution < 1.29 is 24.1 Å². The quantitative estimate of drug-likeness (QED) is 0.653. The molecular formula is C21H27NO5. The van der Waals surface area contributed by atoms with Crippen LogP contribution in [0.2, 0.25) is 0 Å². The smallest absolute Gasteiger partial charge is 0.320 e. The lowest BCUT2D eigenvalue weighted by Crippen LogP contribution is -2.37. The summed E-state index contributed by atoms with van der Waals surface area (Å²) in [5.41, 5.74) is 0.987. The van der Waals surface area contributed by atoms with Crippen molar-refractivity contribution >= 4 is 5.97 Å². The summed E-state index contributed by atoms with van der Waals surface area (Å²) in [5.74, 6) is 2.07. The normalized spacial score (nSPS) is 11.9. The predicted molar refractivity (Wildman–Crippen MR) is 104 cm³/mol. The summed E-state index contributed by atoms with van der Waals surface area (Å²) in [4.78, 5) is 11.3. The fraction of sp³-hybridized carbons (Fsp3) is 0.381. The second-order valence-electron chi connectivity index (χ2n) is 6.70. The van der Waals surface area contributed by atoms with Crippen molar-refractivity contribution in [2.45, 2.75) is 32.9 Å². The first-order valence-electron chi connectivity index (χ1n) is 8.87. The van der Waals surface area contributed by atoms with E-state index in [4.69, 9.17) is 14.2 Å². The van der Waals surface area contributed by atoms with E-state index in [1.807, 2.05) is 38.1 Å². The third-order valence-electron chi connectivity index (χ3n) is 4.04. The monoisotopic (exact) mass is 373 g/mol. The maximum absolute atomic E-state index is 11.3. The van der Waals surface area contributed by atoms with Crippen molar-refractivity contribution in [3.8, 4) is 23.0 Å². The van der Waals surface area contributed by atoms with Crippen LogP contribution in [0.4, 0.5) is 0 Å². The van der Waals surface area contributed by atoms with Gasteiger partial charge in [0.1, 0.15) is 29.0 Å². The fourth-order valence-electron chi connectivity index (χ4n) is 2.64. The number of benzene rings is 2. The van der Waals surface area contributed by atoms with Crippen LogP contribution in [0.15, 0.2) is 42.5 Å². The van der Waals surface area contributed by atoms with Crippen LogP contribution in [-0.2, 0) is 11.3 Å². The second kappa shape index (κ2) is 9.83. The molecular weight excluding hydrogens is 346 g/mol. The zero-order valence-corrected chi connectivity index (χ0v) is 16.2. The average Bonchev–Trinajstić information content (AvgIpc) is 2.65. The Morgan fingerprint density at radius 3 is 2.00 bits per heavy atom. The molecule has 6 heteroatoms. The lowest BCUT2D eigenvalue weighted by atomic mass is 10.0. The van der Waals surface area contributed by atoms with Gasteiger partial charge >= 0.3 is 5.97 Å². The van der Waals surface area contributed by atoms with Gasteiger partial charge in [0.25, 0.3) is 0 Å². The Labute approximate surface area is 160 Å². The van der Waals surface area contributed by atoms with E-state index in [-0.39, 0.29) is 0 Å². The molecule has 2 rings (SSSR count). The summed E-state index contributed by atoms with van der Waals surface area (Å²) in [5, 5.41) is 12.4. The molecule has 146 valence electrons. The van der Waals surface area contributed by atoms with Gasteiger partial charge in [0.05, 0.1) is 14.2 Å². The maximum Gasteiger partial charge on any atom is 0.320 e. The van der Waals surface area contributed by atoms with Crippen LogP contribution < -0.4 is 19.5 Å². The number of nitrogens with one attached hydrogen (secondary N) is 1. The molecule has 2 aromatic carbocycles. The van der Waals surface area contributed by atoms with Crippen molar-refractivity contribution in [2.24, 2.45) is 5.92 Å². The van der Waals surface area contributed by atoms with E-state index < -0.39 is 12.0 Å². The molecule has 2 aromatic rings. The number of hydrogen-bond acceptors (Lipinski definition) is 5. The fourth-order valence-corrected chi connectivity index (χ4v) is 2.64. The molecule has 0 radical (unpaired) electrons. The van der Waals surface area contributed by atoms with Gasteiger partial charge in [0.2, 0.25) is 0 Å². The molecule has 0 aromatic heterocycles. The standard InChI is InChI=1S/C21H27NO5/c1-14(2)9-20(21(23)24)22-13-15-5-7-16(8-6-15)27-19-11-17(25-3)10-18(12-19)26-4/h5-8,10-12,14,20,22H,9,13H2,1-4H3,(H,23,24)/t20-/m0/s1. The number of carboxylic acids is 1. The molecule has 6 nitrogen and oxygen atoms in total. The molecule has 0 unspecified atom stereocenters. The van der Waals surface area contributed by atoms with Crippen LogP contribution in [0.1, 0.15) is 25.8 Å². The summed E-state index contributed by atoms with van der Waals surface area (Å²) in [6.45, 7) is 4.51. The number of methoxy groups -OCH3 is 2. The van der Waals surface area contributed by atoms with Crippen LogP contribution in [0.3, 0.4) is 0 Å². The summed E-state index contributed by atoms with van der Waals surface area (Å²) in [7, 11) is 3.17. The predicted octanol–water partition coefficient (Wildman–Crippen LogP) is 4.09. The molecule has 0 spiro atoms. The summed E-state index contributed by atoms with van der Waals surface area (Å²) in [6, 6.07) is 12.3. The van der Waals surface area contributed by atoms with E-state index in [1.54, 1.807) is 32.4 Å². The molecule has 0 aliphatic carbocycles. The highest BCUT2D eigenvalue weighted by Crippen LogP contribution is 2.30. The number of rotatable bonds is 10. The molecule has 0 heterocycles. The Hall–Kier alpha value is -2.73. The van der Waals surface area contributed by atoms with Crippen molar-refractivity contribution in [3.63, 3.8) is 0 Å². The summed E-state index contributed by atoms with van der Waals surface area (Å²) < 4.78 is 16.3. The van der Waals surface area contributed by atoms with Gasteiger partial charge in [0.15, 0.2) is 0 Å². The number of carbonyl (C=O) groups is 1. The van der Waals surface area contributed by atoms with Crippen LogP contribution >= 0.6 is 0 Å². The van der Waals surface area contributed by atoms with Crippen LogP contribution in [-0.4, -0.2) is 31.3 Å². The first-order valence-corrected chi connectivity index (χ1v) is 8.87.